The van der Waals surface area contributed by atoms with Gasteiger partial charge in [-0.1, -0.05) is 33.3 Å². The summed E-state index contributed by atoms with van der Waals surface area (Å²) in [5.41, 5.74) is 5.43. The summed E-state index contributed by atoms with van der Waals surface area (Å²) in [6.45, 7) is 17.5. The SMILES string of the molecule is CCc1oc(C(C)=C(C)C)c(C(C)(C)C)c1C. The lowest BCUT2D eigenvalue weighted by molar-refractivity contribution is 0.489. The molecule has 0 saturated carbocycles. The average Bonchev–Trinajstić information content (AvgIpc) is 2.53. The molecule has 1 aromatic rings. The van der Waals surface area contributed by atoms with E-state index in [1.54, 1.807) is 0 Å². The smallest absolute Gasteiger partial charge is 0.133 e. The monoisotopic (exact) mass is 234 g/mol. The van der Waals surface area contributed by atoms with Gasteiger partial charge in [-0.2, -0.15) is 0 Å². The van der Waals surface area contributed by atoms with Crippen LogP contribution in [0.4, 0.5) is 0 Å². The van der Waals surface area contributed by atoms with Gasteiger partial charge in [0, 0.05) is 12.0 Å². The Morgan fingerprint density at radius 2 is 1.65 bits per heavy atom. The van der Waals surface area contributed by atoms with Crippen LogP contribution in [0.2, 0.25) is 0 Å². The first-order valence-electron chi connectivity index (χ1n) is 6.47. The Morgan fingerprint density at radius 3 is 2.00 bits per heavy atom. The standard InChI is InChI=1S/C16H26O/c1-9-13-12(5)14(16(6,7)8)15(17-13)11(4)10(2)3/h9H2,1-8H3. The third-order valence-corrected chi connectivity index (χ3v) is 3.41. The molecule has 0 atom stereocenters. The summed E-state index contributed by atoms with van der Waals surface area (Å²) in [5, 5.41) is 0. The maximum absolute atomic E-state index is 6.09. The van der Waals surface area contributed by atoms with Gasteiger partial charge in [0.2, 0.25) is 0 Å². The van der Waals surface area contributed by atoms with Gasteiger partial charge in [0.15, 0.2) is 0 Å². The first-order valence-corrected chi connectivity index (χ1v) is 6.47. The fraction of sp³-hybridized carbons (Fsp3) is 0.625. The van der Waals surface area contributed by atoms with Crippen molar-refractivity contribution >= 4 is 5.57 Å². The Labute approximate surface area is 106 Å². The van der Waals surface area contributed by atoms with Gasteiger partial charge in [-0.15, -0.1) is 0 Å². The van der Waals surface area contributed by atoms with Gasteiger partial charge in [0.1, 0.15) is 11.5 Å². The van der Waals surface area contributed by atoms with E-state index < -0.39 is 0 Å². The van der Waals surface area contributed by atoms with Crippen LogP contribution in [0.25, 0.3) is 5.57 Å². The van der Waals surface area contributed by atoms with Gasteiger partial charge in [0.05, 0.1) is 0 Å². The zero-order chi connectivity index (χ0) is 13.4. The molecule has 0 aromatic carbocycles. The Bertz CT molecular complexity index is 435. The number of hydrogen-bond acceptors (Lipinski definition) is 1. The van der Waals surface area contributed by atoms with E-state index in [4.69, 9.17) is 4.42 Å². The predicted molar refractivity (Wildman–Crippen MR) is 75.5 cm³/mol. The lowest BCUT2D eigenvalue weighted by Crippen LogP contribution is -2.14. The molecule has 0 saturated heterocycles. The van der Waals surface area contributed by atoms with Crippen LogP contribution in [0.3, 0.4) is 0 Å². The molecule has 96 valence electrons. The molecule has 17 heavy (non-hydrogen) atoms. The molecule has 0 N–H and O–H groups in total. The van der Waals surface area contributed by atoms with Crippen molar-refractivity contribution < 1.29 is 4.42 Å². The summed E-state index contributed by atoms with van der Waals surface area (Å²) in [7, 11) is 0. The maximum Gasteiger partial charge on any atom is 0.133 e. The zero-order valence-corrected chi connectivity index (χ0v) is 12.6. The molecule has 1 rings (SSSR count). The van der Waals surface area contributed by atoms with Crippen LogP contribution in [0.1, 0.15) is 71.1 Å². The van der Waals surface area contributed by atoms with E-state index in [1.807, 2.05) is 0 Å². The topological polar surface area (TPSA) is 13.1 Å². The molecular weight excluding hydrogens is 208 g/mol. The van der Waals surface area contributed by atoms with Gasteiger partial charge >= 0.3 is 0 Å². The van der Waals surface area contributed by atoms with Crippen LogP contribution in [0.15, 0.2) is 9.99 Å². The van der Waals surface area contributed by atoms with Crippen molar-refractivity contribution in [3.63, 3.8) is 0 Å². The Hall–Kier alpha value is -0.980. The van der Waals surface area contributed by atoms with Crippen molar-refractivity contribution in [2.24, 2.45) is 0 Å². The summed E-state index contributed by atoms with van der Waals surface area (Å²) in [6, 6.07) is 0. The fourth-order valence-electron chi connectivity index (χ4n) is 2.29. The quantitative estimate of drug-likeness (QED) is 0.680. The predicted octanol–water partition coefficient (Wildman–Crippen LogP) is 5.26. The largest absolute Gasteiger partial charge is 0.461 e. The summed E-state index contributed by atoms with van der Waals surface area (Å²) in [4.78, 5) is 0. The summed E-state index contributed by atoms with van der Waals surface area (Å²) < 4.78 is 6.09. The zero-order valence-electron chi connectivity index (χ0n) is 12.6. The number of aryl methyl sites for hydroxylation is 1. The second-order valence-corrected chi connectivity index (χ2v) is 6.08. The molecular formula is C16H26O. The first-order chi connectivity index (χ1) is 7.70. The van der Waals surface area contributed by atoms with Gasteiger partial charge < -0.3 is 4.42 Å². The molecule has 0 radical (unpaired) electrons. The van der Waals surface area contributed by atoms with Crippen LogP contribution in [-0.4, -0.2) is 0 Å². The average molecular weight is 234 g/mol. The molecule has 0 amide bonds. The Morgan fingerprint density at radius 1 is 1.12 bits per heavy atom. The highest BCUT2D eigenvalue weighted by Crippen LogP contribution is 2.37. The van der Waals surface area contributed by atoms with Crippen molar-refractivity contribution in [2.75, 3.05) is 0 Å². The molecule has 0 bridgehead atoms. The highest BCUT2D eigenvalue weighted by Gasteiger charge is 2.27. The molecule has 1 heteroatoms. The van der Waals surface area contributed by atoms with Gasteiger partial charge in [0.25, 0.3) is 0 Å². The third kappa shape index (κ3) is 2.65. The highest BCUT2D eigenvalue weighted by molar-refractivity contribution is 5.67. The molecule has 0 aliphatic carbocycles. The van der Waals surface area contributed by atoms with E-state index in [1.165, 1.54) is 22.3 Å². The lowest BCUT2D eigenvalue weighted by atomic mass is 9.82. The van der Waals surface area contributed by atoms with E-state index in [2.05, 4.69) is 55.4 Å². The molecule has 0 spiro atoms. The number of allylic oxidation sites excluding steroid dienone is 2. The second kappa shape index (κ2) is 4.72. The first kappa shape index (κ1) is 14.1. The maximum atomic E-state index is 6.09. The Kier molecular flexibility index (Phi) is 3.91. The molecule has 1 aromatic heterocycles. The summed E-state index contributed by atoms with van der Waals surface area (Å²) >= 11 is 0. The molecule has 0 fully saturated rings. The Balaban J connectivity index is 3.56. The van der Waals surface area contributed by atoms with E-state index in [0.717, 1.165) is 17.9 Å². The van der Waals surface area contributed by atoms with E-state index in [9.17, 15) is 0 Å². The highest BCUT2D eigenvalue weighted by atomic mass is 16.3. The summed E-state index contributed by atoms with van der Waals surface area (Å²) in [5.74, 6) is 2.22. The van der Waals surface area contributed by atoms with Gasteiger partial charge in [-0.3, -0.25) is 0 Å². The molecule has 0 aliphatic heterocycles. The van der Waals surface area contributed by atoms with Crippen molar-refractivity contribution in [3.8, 4) is 0 Å². The van der Waals surface area contributed by atoms with E-state index >= 15 is 0 Å². The van der Waals surface area contributed by atoms with E-state index in [-0.39, 0.29) is 5.41 Å². The lowest BCUT2D eigenvalue weighted by Gasteiger charge is -2.20. The van der Waals surface area contributed by atoms with Crippen molar-refractivity contribution in [1.82, 2.24) is 0 Å². The van der Waals surface area contributed by atoms with Gasteiger partial charge in [-0.05, 0) is 44.2 Å². The van der Waals surface area contributed by atoms with E-state index in [0.29, 0.717) is 0 Å². The normalized spacial score (nSPS) is 11.8. The third-order valence-electron chi connectivity index (χ3n) is 3.41. The van der Waals surface area contributed by atoms with Crippen molar-refractivity contribution in [2.45, 2.75) is 67.2 Å². The minimum Gasteiger partial charge on any atom is -0.461 e. The van der Waals surface area contributed by atoms with Crippen LogP contribution < -0.4 is 0 Å². The minimum atomic E-state index is 0.132. The molecule has 1 heterocycles. The van der Waals surface area contributed by atoms with Crippen molar-refractivity contribution in [3.05, 3.63) is 28.2 Å². The van der Waals surface area contributed by atoms with Crippen LogP contribution in [0.5, 0.6) is 0 Å². The molecule has 0 aliphatic rings. The summed E-state index contributed by atoms with van der Waals surface area (Å²) in [6.07, 6.45) is 0.963. The minimum absolute atomic E-state index is 0.132. The van der Waals surface area contributed by atoms with Crippen LogP contribution >= 0.6 is 0 Å². The van der Waals surface area contributed by atoms with Crippen LogP contribution in [0, 0.1) is 6.92 Å². The number of rotatable bonds is 2. The molecule has 0 unspecified atom stereocenters. The number of furan rings is 1. The van der Waals surface area contributed by atoms with Crippen molar-refractivity contribution in [1.29, 1.82) is 0 Å². The molecule has 1 nitrogen and oxygen atoms in total. The number of hydrogen-bond donors (Lipinski definition) is 0. The van der Waals surface area contributed by atoms with Gasteiger partial charge in [-0.25, -0.2) is 0 Å². The second-order valence-electron chi connectivity index (χ2n) is 6.08. The van der Waals surface area contributed by atoms with Crippen LogP contribution in [-0.2, 0) is 11.8 Å². The fourth-order valence-corrected chi connectivity index (χ4v) is 2.29.